The highest BCUT2D eigenvalue weighted by atomic mass is 79.9. The number of rotatable bonds is 2. The molecule has 3 nitrogen and oxygen atoms in total. The highest BCUT2D eigenvalue weighted by Crippen LogP contribution is 2.32. The number of anilines is 2. The Morgan fingerprint density at radius 1 is 1.31 bits per heavy atom. The standard InChI is InChI=1S/C9H6BrCl2N3S/c1-4-2-5(10)7(3-6(4)11)13-9-8(12)14-16-15-9/h2-3H,1H3,(H,13,15). The van der Waals surface area contributed by atoms with Crippen molar-refractivity contribution in [3.8, 4) is 0 Å². The van der Waals surface area contributed by atoms with Crippen molar-refractivity contribution in [3.05, 3.63) is 32.3 Å². The van der Waals surface area contributed by atoms with E-state index in [0.29, 0.717) is 16.0 Å². The second kappa shape index (κ2) is 4.87. The van der Waals surface area contributed by atoms with Crippen LogP contribution in [0.3, 0.4) is 0 Å². The van der Waals surface area contributed by atoms with Gasteiger partial charge in [-0.2, -0.15) is 8.75 Å². The highest BCUT2D eigenvalue weighted by molar-refractivity contribution is 9.10. The molecular formula is C9H6BrCl2N3S. The minimum absolute atomic E-state index is 0.355. The SMILES string of the molecule is Cc1cc(Br)c(Nc2nsnc2Cl)cc1Cl. The molecule has 0 fully saturated rings. The Morgan fingerprint density at radius 2 is 2.06 bits per heavy atom. The van der Waals surface area contributed by atoms with Gasteiger partial charge in [-0.15, -0.1) is 0 Å². The molecule has 0 bridgehead atoms. The first-order valence-electron chi connectivity index (χ1n) is 4.28. The second-order valence-electron chi connectivity index (χ2n) is 3.11. The van der Waals surface area contributed by atoms with E-state index in [1.54, 1.807) is 0 Å². The summed E-state index contributed by atoms with van der Waals surface area (Å²) in [6.45, 7) is 1.94. The minimum Gasteiger partial charge on any atom is -0.336 e. The molecule has 1 aromatic carbocycles. The van der Waals surface area contributed by atoms with Crippen LogP contribution in [0.1, 0.15) is 5.56 Å². The summed E-state index contributed by atoms with van der Waals surface area (Å²) in [5.74, 6) is 0.535. The lowest BCUT2D eigenvalue weighted by Crippen LogP contribution is -1.93. The normalized spacial score (nSPS) is 10.5. The zero-order chi connectivity index (χ0) is 11.7. The Morgan fingerprint density at radius 3 is 2.69 bits per heavy atom. The number of hydrogen-bond acceptors (Lipinski definition) is 4. The fourth-order valence-corrected chi connectivity index (χ4v) is 2.49. The largest absolute Gasteiger partial charge is 0.336 e. The molecule has 0 aliphatic rings. The number of hydrogen-bond donors (Lipinski definition) is 1. The van der Waals surface area contributed by atoms with Crippen LogP contribution in [0.25, 0.3) is 0 Å². The van der Waals surface area contributed by atoms with Crippen LogP contribution in [-0.4, -0.2) is 8.75 Å². The van der Waals surface area contributed by atoms with Crippen molar-refractivity contribution in [2.45, 2.75) is 6.92 Å². The van der Waals surface area contributed by atoms with E-state index in [2.05, 4.69) is 30.0 Å². The van der Waals surface area contributed by atoms with Crippen molar-refractivity contribution >= 4 is 62.4 Å². The molecule has 0 aliphatic heterocycles. The summed E-state index contributed by atoms with van der Waals surface area (Å²) in [4.78, 5) is 0. The predicted octanol–water partition coefficient (Wildman–Crippen LogP) is 4.66. The predicted molar refractivity (Wildman–Crippen MR) is 72.1 cm³/mol. The van der Waals surface area contributed by atoms with Gasteiger partial charge in [-0.25, -0.2) is 0 Å². The van der Waals surface area contributed by atoms with E-state index in [1.165, 1.54) is 0 Å². The van der Waals surface area contributed by atoms with Crippen molar-refractivity contribution in [1.29, 1.82) is 0 Å². The molecule has 0 radical (unpaired) electrons. The molecule has 0 amide bonds. The summed E-state index contributed by atoms with van der Waals surface area (Å²) in [6.07, 6.45) is 0. The van der Waals surface area contributed by atoms with Crippen molar-refractivity contribution in [1.82, 2.24) is 8.75 Å². The van der Waals surface area contributed by atoms with Gasteiger partial charge in [0.15, 0.2) is 11.0 Å². The highest BCUT2D eigenvalue weighted by Gasteiger charge is 2.09. The van der Waals surface area contributed by atoms with Crippen LogP contribution in [-0.2, 0) is 0 Å². The summed E-state index contributed by atoms with van der Waals surface area (Å²) < 4.78 is 8.80. The van der Waals surface area contributed by atoms with Gasteiger partial charge >= 0.3 is 0 Å². The number of nitrogens with zero attached hydrogens (tertiary/aromatic N) is 2. The molecule has 0 aliphatic carbocycles. The number of nitrogens with one attached hydrogen (secondary N) is 1. The molecule has 0 spiro atoms. The van der Waals surface area contributed by atoms with Crippen LogP contribution in [0.15, 0.2) is 16.6 Å². The van der Waals surface area contributed by atoms with Gasteiger partial charge in [-0.1, -0.05) is 23.2 Å². The molecular weight excluding hydrogens is 333 g/mol. The summed E-state index contributed by atoms with van der Waals surface area (Å²) in [6, 6.07) is 3.75. The number of halogens is 3. The van der Waals surface area contributed by atoms with Gasteiger partial charge in [0.1, 0.15) is 0 Å². The third kappa shape index (κ3) is 2.48. The van der Waals surface area contributed by atoms with E-state index in [0.717, 1.165) is 27.5 Å². The molecule has 84 valence electrons. The Labute approximate surface area is 115 Å². The first-order chi connectivity index (χ1) is 7.58. The monoisotopic (exact) mass is 337 g/mol. The van der Waals surface area contributed by atoms with Gasteiger partial charge in [0.25, 0.3) is 0 Å². The van der Waals surface area contributed by atoms with Gasteiger partial charge in [-0.05, 0) is 40.5 Å². The molecule has 7 heteroatoms. The quantitative estimate of drug-likeness (QED) is 0.865. The van der Waals surface area contributed by atoms with Gasteiger partial charge in [0.2, 0.25) is 0 Å². The number of aryl methyl sites for hydroxylation is 1. The van der Waals surface area contributed by atoms with Crippen LogP contribution >= 0.6 is 50.9 Å². The lowest BCUT2D eigenvalue weighted by atomic mass is 10.2. The molecule has 0 saturated heterocycles. The van der Waals surface area contributed by atoms with Gasteiger partial charge in [0, 0.05) is 9.50 Å². The summed E-state index contributed by atoms with van der Waals surface area (Å²) in [5, 5.41) is 4.10. The Kier molecular flexibility index (Phi) is 3.69. The van der Waals surface area contributed by atoms with Gasteiger partial charge < -0.3 is 5.32 Å². The third-order valence-electron chi connectivity index (χ3n) is 1.95. The van der Waals surface area contributed by atoms with Gasteiger partial charge in [-0.3, -0.25) is 0 Å². The number of benzene rings is 1. The molecule has 1 aromatic heterocycles. The van der Waals surface area contributed by atoms with Crippen LogP contribution in [0.2, 0.25) is 10.2 Å². The third-order valence-corrected chi connectivity index (χ3v) is 3.91. The van der Waals surface area contributed by atoms with Crippen molar-refractivity contribution in [2.24, 2.45) is 0 Å². The topological polar surface area (TPSA) is 37.8 Å². The van der Waals surface area contributed by atoms with Crippen LogP contribution in [0, 0.1) is 6.92 Å². The fourth-order valence-electron chi connectivity index (χ4n) is 1.12. The smallest absolute Gasteiger partial charge is 0.187 e. The van der Waals surface area contributed by atoms with Crippen LogP contribution < -0.4 is 5.32 Å². The van der Waals surface area contributed by atoms with Gasteiger partial charge in [0.05, 0.1) is 17.4 Å². The Hall–Kier alpha value is -0.360. The molecule has 1 N–H and O–H groups in total. The summed E-state index contributed by atoms with van der Waals surface area (Å²) >= 11 is 16.4. The molecule has 2 rings (SSSR count). The minimum atomic E-state index is 0.355. The van der Waals surface area contributed by atoms with Crippen LogP contribution in [0.4, 0.5) is 11.5 Å². The first kappa shape index (κ1) is 12.1. The lowest BCUT2D eigenvalue weighted by molar-refractivity contribution is 1.40. The molecule has 0 atom stereocenters. The van der Waals surface area contributed by atoms with E-state index in [1.807, 2.05) is 19.1 Å². The zero-order valence-corrected chi connectivity index (χ0v) is 12.0. The maximum absolute atomic E-state index is 6.04. The molecule has 2 aromatic rings. The van der Waals surface area contributed by atoms with Crippen molar-refractivity contribution in [3.63, 3.8) is 0 Å². The lowest BCUT2D eigenvalue weighted by Gasteiger charge is -2.08. The molecule has 1 heterocycles. The molecule has 0 saturated carbocycles. The summed E-state index contributed by atoms with van der Waals surface area (Å²) in [7, 11) is 0. The Balaban J connectivity index is 2.35. The zero-order valence-electron chi connectivity index (χ0n) is 8.09. The van der Waals surface area contributed by atoms with Crippen LogP contribution in [0.5, 0.6) is 0 Å². The maximum atomic E-state index is 6.04. The summed E-state index contributed by atoms with van der Waals surface area (Å²) in [5.41, 5.74) is 1.81. The van der Waals surface area contributed by atoms with Crippen molar-refractivity contribution < 1.29 is 0 Å². The van der Waals surface area contributed by atoms with E-state index < -0.39 is 0 Å². The van der Waals surface area contributed by atoms with E-state index in [9.17, 15) is 0 Å². The average molecular weight is 339 g/mol. The van der Waals surface area contributed by atoms with E-state index >= 15 is 0 Å². The average Bonchev–Trinajstić information content (AvgIpc) is 2.61. The fraction of sp³-hybridized carbons (Fsp3) is 0.111. The maximum Gasteiger partial charge on any atom is 0.187 e. The van der Waals surface area contributed by atoms with Crippen molar-refractivity contribution in [2.75, 3.05) is 5.32 Å². The molecule has 16 heavy (non-hydrogen) atoms. The van der Waals surface area contributed by atoms with E-state index in [-0.39, 0.29) is 0 Å². The second-order valence-corrected chi connectivity index (χ2v) is 5.26. The first-order valence-corrected chi connectivity index (χ1v) is 6.56. The molecule has 0 unspecified atom stereocenters. The van der Waals surface area contributed by atoms with E-state index in [4.69, 9.17) is 23.2 Å². The number of aromatic nitrogens is 2. The Bertz CT molecular complexity index is 529.